The van der Waals surface area contributed by atoms with E-state index in [4.69, 9.17) is 9.47 Å². The van der Waals surface area contributed by atoms with Crippen molar-refractivity contribution in [2.75, 3.05) is 18.6 Å². The molecule has 2 atom stereocenters. The van der Waals surface area contributed by atoms with E-state index in [1.165, 1.54) is 6.92 Å². The van der Waals surface area contributed by atoms with Gasteiger partial charge in [0.1, 0.15) is 0 Å². The maximum absolute atomic E-state index is 13.7. The molecule has 2 amide bonds. The lowest BCUT2D eigenvalue weighted by molar-refractivity contribution is -0.143. The second kappa shape index (κ2) is 11.9. The molecule has 232 valence electrons. The van der Waals surface area contributed by atoms with Crippen molar-refractivity contribution in [3.63, 3.8) is 0 Å². The molecule has 0 N–H and O–H groups in total. The number of nitrogens with zero attached hydrogens (tertiary/aromatic N) is 2. The quantitative estimate of drug-likeness (QED) is 0.317. The molecular formula is C27H27F9N2O4. The van der Waals surface area contributed by atoms with Crippen LogP contribution < -0.4 is 4.90 Å². The maximum Gasteiger partial charge on any atom is 0.416 e. The molecule has 0 aliphatic carbocycles. The summed E-state index contributed by atoms with van der Waals surface area (Å²) in [5, 5.41) is 0. The Kier molecular flexibility index (Phi) is 9.32. The number of alkyl halides is 9. The summed E-state index contributed by atoms with van der Waals surface area (Å²) in [6.45, 7) is 4.14. The van der Waals surface area contributed by atoms with Gasteiger partial charge in [0, 0.05) is 12.6 Å². The molecule has 0 saturated heterocycles. The number of rotatable bonds is 5. The summed E-state index contributed by atoms with van der Waals surface area (Å²) in [7, 11) is 0.900. The van der Waals surface area contributed by atoms with Crippen molar-refractivity contribution in [1.82, 2.24) is 4.90 Å². The summed E-state index contributed by atoms with van der Waals surface area (Å²) in [4.78, 5) is 27.7. The summed E-state index contributed by atoms with van der Waals surface area (Å²) in [6.07, 6.45) is -17.5. The summed E-state index contributed by atoms with van der Waals surface area (Å²) in [6, 6.07) is 0.972. The number of fused-ring (bicyclic) bond motifs is 1. The molecule has 15 heteroatoms. The normalized spacial score (nSPS) is 17.6. The van der Waals surface area contributed by atoms with Crippen molar-refractivity contribution in [2.24, 2.45) is 5.92 Å². The Morgan fingerprint density at radius 2 is 1.45 bits per heavy atom. The minimum atomic E-state index is -5.17. The maximum atomic E-state index is 13.7. The van der Waals surface area contributed by atoms with E-state index in [1.807, 2.05) is 0 Å². The molecule has 0 radical (unpaired) electrons. The van der Waals surface area contributed by atoms with E-state index in [0.29, 0.717) is 24.3 Å². The van der Waals surface area contributed by atoms with Crippen LogP contribution in [0.5, 0.6) is 0 Å². The highest BCUT2D eigenvalue weighted by Gasteiger charge is 2.42. The summed E-state index contributed by atoms with van der Waals surface area (Å²) in [5.74, 6) is -0.0715. The number of ether oxygens (including phenoxy) is 2. The molecule has 0 aromatic heterocycles. The number of benzene rings is 2. The molecule has 1 aliphatic heterocycles. The lowest BCUT2D eigenvalue weighted by atomic mass is 9.89. The van der Waals surface area contributed by atoms with Crippen molar-refractivity contribution >= 4 is 17.9 Å². The van der Waals surface area contributed by atoms with Gasteiger partial charge in [0.2, 0.25) is 0 Å². The number of carbonyl (C=O) groups is 2. The highest BCUT2D eigenvalue weighted by molar-refractivity contribution is 5.90. The number of anilines is 1. The number of hydrogen-bond donors (Lipinski definition) is 0. The second-order valence-electron chi connectivity index (χ2n) is 10.2. The average molecular weight is 615 g/mol. The van der Waals surface area contributed by atoms with Crippen LogP contribution in [0.25, 0.3) is 0 Å². The molecule has 0 spiro atoms. The Morgan fingerprint density at radius 3 is 1.93 bits per heavy atom. The van der Waals surface area contributed by atoms with E-state index in [-0.39, 0.29) is 36.3 Å². The Hall–Kier alpha value is -3.65. The van der Waals surface area contributed by atoms with Crippen molar-refractivity contribution in [2.45, 2.75) is 64.3 Å². The number of carbonyl (C=O) groups excluding carboxylic acids is 2. The van der Waals surface area contributed by atoms with Gasteiger partial charge in [-0.3, -0.25) is 9.80 Å². The number of amides is 2. The Balaban J connectivity index is 2.18. The van der Waals surface area contributed by atoms with Gasteiger partial charge in [-0.15, -0.1) is 0 Å². The molecule has 3 rings (SSSR count). The van der Waals surface area contributed by atoms with Gasteiger partial charge in [0.25, 0.3) is 0 Å². The topological polar surface area (TPSA) is 59.1 Å². The third-order valence-corrected chi connectivity index (χ3v) is 6.50. The monoisotopic (exact) mass is 614 g/mol. The van der Waals surface area contributed by atoms with Crippen LogP contribution in [-0.2, 0) is 34.5 Å². The van der Waals surface area contributed by atoms with Crippen LogP contribution >= 0.6 is 0 Å². The van der Waals surface area contributed by atoms with E-state index in [2.05, 4.69) is 0 Å². The van der Waals surface area contributed by atoms with Crippen molar-refractivity contribution in [3.8, 4) is 0 Å². The molecule has 42 heavy (non-hydrogen) atoms. The van der Waals surface area contributed by atoms with Gasteiger partial charge in [-0.1, -0.05) is 13.8 Å². The van der Waals surface area contributed by atoms with E-state index in [9.17, 15) is 49.1 Å². The van der Waals surface area contributed by atoms with Crippen LogP contribution in [0.1, 0.15) is 61.1 Å². The molecule has 0 saturated carbocycles. The van der Waals surface area contributed by atoms with Gasteiger partial charge in [-0.05, 0) is 66.8 Å². The zero-order valence-corrected chi connectivity index (χ0v) is 22.7. The van der Waals surface area contributed by atoms with E-state index in [0.717, 1.165) is 23.0 Å². The van der Waals surface area contributed by atoms with Crippen molar-refractivity contribution in [3.05, 3.63) is 64.2 Å². The largest absolute Gasteiger partial charge is 0.453 e. The van der Waals surface area contributed by atoms with Gasteiger partial charge in [0.05, 0.1) is 42.1 Å². The molecule has 1 aliphatic rings. The Bertz CT molecular complexity index is 1270. The van der Waals surface area contributed by atoms with Crippen LogP contribution in [0.2, 0.25) is 0 Å². The predicted octanol–water partition coefficient (Wildman–Crippen LogP) is 8.44. The SMILES string of the molecule is COC(=O)N(Cc1cc(C(F)(F)F)cc(C(F)(F)F)c1)[C@H]1C[C@@H](C)N(C(=O)OCC(C)C)c2ccc(C(F)(F)F)cc21. The highest BCUT2D eigenvalue weighted by Crippen LogP contribution is 2.45. The fourth-order valence-electron chi connectivity index (χ4n) is 4.62. The summed E-state index contributed by atoms with van der Waals surface area (Å²) in [5.41, 5.74) is -5.31. The first-order valence-electron chi connectivity index (χ1n) is 12.5. The van der Waals surface area contributed by atoms with E-state index in [1.54, 1.807) is 13.8 Å². The first kappa shape index (κ1) is 32.9. The third kappa shape index (κ3) is 7.40. The predicted molar refractivity (Wildman–Crippen MR) is 131 cm³/mol. The molecule has 0 unspecified atom stereocenters. The van der Waals surface area contributed by atoms with Crippen molar-refractivity contribution in [1.29, 1.82) is 0 Å². The van der Waals surface area contributed by atoms with Crippen LogP contribution in [0, 0.1) is 5.92 Å². The molecule has 2 aromatic carbocycles. The zero-order valence-electron chi connectivity index (χ0n) is 22.7. The van der Waals surface area contributed by atoms with Gasteiger partial charge >= 0.3 is 30.7 Å². The van der Waals surface area contributed by atoms with Gasteiger partial charge in [0.15, 0.2) is 0 Å². The fourth-order valence-corrected chi connectivity index (χ4v) is 4.62. The summed E-state index contributed by atoms with van der Waals surface area (Å²) < 4.78 is 132. The Labute approximate surface area is 235 Å². The number of methoxy groups -OCH3 is 1. The molecule has 2 aromatic rings. The van der Waals surface area contributed by atoms with Crippen LogP contribution in [0.3, 0.4) is 0 Å². The molecular weight excluding hydrogens is 587 g/mol. The molecule has 6 nitrogen and oxygen atoms in total. The third-order valence-electron chi connectivity index (χ3n) is 6.50. The minimum Gasteiger partial charge on any atom is -0.453 e. The highest BCUT2D eigenvalue weighted by atomic mass is 19.4. The standard InChI is InChI=1S/C27H27F9N2O4/c1-14(2)13-42-24(40)38-15(3)7-22(20-11-17(25(28,29)30)5-6-21(20)38)37(23(39)41-4)12-16-8-18(26(31,32)33)10-19(9-16)27(34,35)36/h5-6,8-11,14-15,22H,7,12-13H2,1-4H3/t15-,22+/m1/s1. The fraction of sp³-hybridized carbons (Fsp3) is 0.481. The van der Waals surface area contributed by atoms with Crippen molar-refractivity contribution < 1.29 is 58.6 Å². The molecule has 0 bridgehead atoms. The number of hydrogen-bond acceptors (Lipinski definition) is 4. The first-order valence-corrected chi connectivity index (χ1v) is 12.5. The molecule has 1 heterocycles. The first-order chi connectivity index (χ1) is 19.2. The van der Waals surface area contributed by atoms with Gasteiger partial charge in [-0.25, -0.2) is 9.59 Å². The minimum absolute atomic E-state index is 0.00712. The smallest absolute Gasteiger partial charge is 0.416 e. The van der Waals surface area contributed by atoms with E-state index < -0.39 is 71.6 Å². The number of halogens is 9. The zero-order chi connectivity index (χ0) is 31.8. The second-order valence-corrected chi connectivity index (χ2v) is 10.2. The van der Waals surface area contributed by atoms with Crippen LogP contribution in [0.4, 0.5) is 54.8 Å². The van der Waals surface area contributed by atoms with Crippen LogP contribution in [0.15, 0.2) is 36.4 Å². The lowest BCUT2D eigenvalue weighted by Crippen LogP contribution is -2.48. The lowest BCUT2D eigenvalue weighted by Gasteiger charge is -2.42. The summed E-state index contributed by atoms with van der Waals surface area (Å²) >= 11 is 0. The average Bonchev–Trinajstić information content (AvgIpc) is 2.87. The van der Waals surface area contributed by atoms with Crippen LogP contribution in [-0.4, -0.2) is 36.8 Å². The van der Waals surface area contributed by atoms with Gasteiger partial charge in [-0.2, -0.15) is 39.5 Å². The van der Waals surface area contributed by atoms with E-state index >= 15 is 0 Å². The Morgan fingerprint density at radius 1 is 0.905 bits per heavy atom. The van der Waals surface area contributed by atoms with Gasteiger partial charge < -0.3 is 9.47 Å². The molecule has 0 fully saturated rings.